The smallest absolute Gasteiger partial charge is 0.244 e. The van der Waals surface area contributed by atoms with E-state index in [1.165, 1.54) is 18.9 Å². The zero-order valence-corrected chi connectivity index (χ0v) is 20.9. The lowest BCUT2D eigenvalue weighted by Gasteiger charge is -2.32. The number of anilines is 1. The van der Waals surface area contributed by atoms with Gasteiger partial charge < -0.3 is 19.7 Å². The van der Waals surface area contributed by atoms with Crippen molar-refractivity contribution in [3.63, 3.8) is 0 Å². The average Bonchev–Trinajstić information content (AvgIpc) is 2.85. The molecule has 1 N–H and O–H groups in total. The van der Waals surface area contributed by atoms with Crippen molar-refractivity contribution in [3.05, 3.63) is 53.1 Å². The van der Waals surface area contributed by atoms with Gasteiger partial charge in [-0.25, -0.2) is 8.42 Å². The van der Waals surface area contributed by atoms with Crippen LogP contribution >= 0.6 is 11.6 Å². The Hall–Kier alpha value is -2.98. The second-order valence-electron chi connectivity index (χ2n) is 7.67. The highest BCUT2D eigenvalue weighted by Crippen LogP contribution is 2.35. The molecule has 0 unspecified atom stereocenters. The van der Waals surface area contributed by atoms with E-state index in [2.05, 4.69) is 5.32 Å². The lowest BCUT2D eigenvalue weighted by molar-refractivity contribution is -0.139. The highest BCUT2D eigenvalue weighted by molar-refractivity contribution is 7.92. The summed E-state index contributed by atoms with van der Waals surface area (Å²) in [6, 6.07) is 10.8. The monoisotopic (exact) mass is 509 g/mol. The van der Waals surface area contributed by atoms with Crippen LogP contribution in [0.1, 0.15) is 19.4 Å². The van der Waals surface area contributed by atoms with Gasteiger partial charge in [-0.15, -0.1) is 0 Å². The zero-order valence-electron chi connectivity index (χ0n) is 19.3. The molecule has 0 aliphatic carbocycles. The molecule has 1 atom stereocenters. The minimum atomic E-state index is -3.83. The number of halogens is 1. The second-order valence-corrected chi connectivity index (χ2v) is 10.3. The van der Waals surface area contributed by atoms with Crippen molar-refractivity contribution in [1.29, 1.82) is 0 Å². The molecule has 0 bridgehead atoms. The van der Waals surface area contributed by atoms with Gasteiger partial charge in [0.05, 0.1) is 11.4 Å². The molecule has 3 rings (SSSR count). The van der Waals surface area contributed by atoms with Crippen molar-refractivity contribution >= 4 is 39.1 Å². The molecule has 0 radical (unpaired) electrons. The molecule has 34 heavy (non-hydrogen) atoms. The summed E-state index contributed by atoms with van der Waals surface area (Å²) in [5.41, 5.74) is 1.02. The van der Waals surface area contributed by atoms with Crippen LogP contribution in [-0.4, -0.2) is 63.7 Å². The number of sulfonamides is 1. The van der Waals surface area contributed by atoms with Gasteiger partial charge in [0.25, 0.3) is 0 Å². The number of ether oxygens (including phenoxy) is 2. The third kappa shape index (κ3) is 5.92. The van der Waals surface area contributed by atoms with E-state index in [0.717, 1.165) is 9.87 Å². The summed E-state index contributed by atoms with van der Waals surface area (Å²) in [7, 11) is -2.35. The minimum absolute atomic E-state index is 0.103. The number of likely N-dealkylation sites (N-methyl/N-ethyl adjacent to an activating group) is 1. The first-order chi connectivity index (χ1) is 16.2. The topological polar surface area (TPSA) is 105 Å². The lowest BCUT2D eigenvalue weighted by atomic mass is 10.1. The summed E-state index contributed by atoms with van der Waals surface area (Å²) in [5, 5.41) is 3.08. The van der Waals surface area contributed by atoms with Gasteiger partial charge >= 0.3 is 0 Å². The Bertz CT molecular complexity index is 1140. The van der Waals surface area contributed by atoms with Crippen LogP contribution in [0.25, 0.3) is 0 Å². The summed E-state index contributed by atoms with van der Waals surface area (Å²) in [4.78, 5) is 27.2. The Labute approximate surface area is 204 Å². The molecule has 1 aliphatic heterocycles. The van der Waals surface area contributed by atoms with E-state index in [4.69, 9.17) is 21.1 Å². The number of nitrogens with zero attached hydrogens (tertiary/aromatic N) is 2. The van der Waals surface area contributed by atoms with Crippen LogP contribution in [-0.2, 0) is 26.2 Å². The zero-order chi connectivity index (χ0) is 24.9. The number of fused-ring (bicyclic) bond motifs is 1. The van der Waals surface area contributed by atoms with E-state index in [9.17, 15) is 18.0 Å². The van der Waals surface area contributed by atoms with Crippen molar-refractivity contribution in [2.24, 2.45) is 0 Å². The molecule has 0 saturated heterocycles. The molecule has 9 nitrogen and oxygen atoms in total. The molecule has 0 saturated carbocycles. The summed E-state index contributed by atoms with van der Waals surface area (Å²) in [5.74, 6) is -0.196. The summed E-state index contributed by atoms with van der Waals surface area (Å²) in [6.07, 6.45) is 0. The van der Waals surface area contributed by atoms with Crippen molar-refractivity contribution < 1.29 is 27.5 Å². The van der Waals surface area contributed by atoms with Gasteiger partial charge in [-0.1, -0.05) is 23.7 Å². The van der Waals surface area contributed by atoms with Gasteiger partial charge in [0.15, 0.2) is 11.5 Å². The Balaban J connectivity index is 1.94. The fourth-order valence-corrected chi connectivity index (χ4v) is 4.66. The fraction of sp³-hybridized carbons (Fsp3) is 0.391. The summed E-state index contributed by atoms with van der Waals surface area (Å²) in [6.45, 7) is 3.46. The predicted molar refractivity (Wildman–Crippen MR) is 130 cm³/mol. The summed E-state index contributed by atoms with van der Waals surface area (Å²) < 4.78 is 38.1. The molecule has 2 aromatic rings. The highest BCUT2D eigenvalue weighted by atomic mass is 35.5. The number of rotatable bonds is 9. The maximum absolute atomic E-state index is 13.5. The first-order valence-electron chi connectivity index (χ1n) is 10.8. The number of carbonyl (C=O) groups excluding carboxylic acids is 2. The third-order valence-electron chi connectivity index (χ3n) is 5.47. The molecule has 0 aromatic heterocycles. The first kappa shape index (κ1) is 25.6. The second kappa shape index (κ2) is 11.0. The summed E-state index contributed by atoms with van der Waals surface area (Å²) >= 11 is 5.96. The first-order valence-corrected chi connectivity index (χ1v) is 12.8. The van der Waals surface area contributed by atoms with Gasteiger partial charge in [0.2, 0.25) is 21.8 Å². The molecule has 184 valence electrons. The molecule has 2 amide bonds. The van der Waals surface area contributed by atoms with Gasteiger partial charge in [-0.3, -0.25) is 13.9 Å². The number of hydrogen-bond donors (Lipinski definition) is 1. The van der Waals surface area contributed by atoms with E-state index >= 15 is 0 Å². The van der Waals surface area contributed by atoms with Gasteiger partial charge in [0, 0.05) is 24.7 Å². The Morgan fingerprint density at radius 1 is 1.09 bits per heavy atom. The van der Waals surface area contributed by atoms with Crippen LogP contribution in [0.15, 0.2) is 42.5 Å². The number of benzene rings is 2. The van der Waals surface area contributed by atoms with Gasteiger partial charge in [0.1, 0.15) is 25.8 Å². The number of nitrogens with one attached hydrogen (secondary N) is 1. The third-order valence-corrected chi connectivity index (χ3v) is 7.47. The maximum Gasteiger partial charge on any atom is 0.244 e. The van der Waals surface area contributed by atoms with E-state index in [0.29, 0.717) is 29.7 Å². The Morgan fingerprint density at radius 2 is 1.74 bits per heavy atom. The number of amides is 2. The highest BCUT2D eigenvalue weighted by Gasteiger charge is 2.31. The lowest BCUT2D eigenvalue weighted by Crippen LogP contribution is -2.51. The van der Waals surface area contributed by atoms with Crippen molar-refractivity contribution in [3.8, 4) is 11.5 Å². The number of hydrogen-bond acceptors (Lipinski definition) is 6. The van der Waals surface area contributed by atoms with Crippen LogP contribution in [0, 0.1) is 0 Å². The van der Waals surface area contributed by atoms with Gasteiger partial charge in [-0.05, 0) is 43.7 Å². The van der Waals surface area contributed by atoms with E-state index < -0.39 is 28.5 Å². The standard InChI is InChI=1S/C23H28ClN3O6S/c1-4-34(30,31)27(19-9-10-20-21(13-19)33-12-11-32-20)15-22(28)26(16(2)23(29)25-3)14-17-5-7-18(24)8-6-17/h5-10,13,16H,4,11-12,14-15H2,1-3H3,(H,25,29)/t16-/m0/s1. The molecule has 2 aromatic carbocycles. The minimum Gasteiger partial charge on any atom is -0.486 e. The predicted octanol–water partition coefficient (Wildman–Crippen LogP) is 2.43. The normalized spacial score (nSPS) is 13.6. The molecule has 1 aliphatic rings. The van der Waals surface area contributed by atoms with Gasteiger partial charge in [-0.2, -0.15) is 0 Å². The maximum atomic E-state index is 13.5. The molecule has 1 heterocycles. The van der Waals surface area contributed by atoms with Crippen LogP contribution < -0.4 is 19.1 Å². The average molecular weight is 510 g/mol. The van der Waals surface area contributed by atoms with E-state index in [1.807, 2.05) is 0 Å². The van der Waals surface area contributed by atoms with E-state index in [-0.39, 0.29) is 23.9 Å². The van der Waals surface area contributed by atoms with E-state index in [1.54, 1.807) is 49.4 Å². The van der Waals surface area contributed by atoms with Crippen LogP contribution in [0.4, 0.5) is 5.69 Å². The Kier molecular flexibility index (Phi) is 8.27. The molecule has 0 spiro atoms. The fourth-order valence-electron chi connectivity index (χ4n) is 3.48. The van der Waals surface area contributed by atoms with Crippen LogP contribution in [0.3, 0.4) is 0 Å². The Morgan fingerprint density at radius 3 is 2.35 bits per heavy atom. The van der Waals surface area contributed by atoms with Crippen molar-refractivity contribution in [2.75, 3.05) is 36.9 Å². The quantitative estimate of drug-likeness (QED) is 0.556. The number of carbonyl (C=O) groups is 2. The largest absolute Gasteiger partial charge is 0.486 e. The SMILES string of the molecule is CCS(=O)(=O)N(CC(=O)N(Cc1ccc(Cl)cc1)[C@@H](C)C(=O)NC)c1ccc2c(c1)OCCO2. The molecular weight excluding hydrogens is 482 g/mol. The molecule has 0 fully saturated rings. The van der Waals surface area contributed by atoms with Crippen molar-refractivity contribution in [1.82, 2.24) is 10.2 Å². The molecule has 11 heteroatoms. The molecular formula is C23H28ClN3O6S. The van der Waals surface area contributed by atoms with Crippen LogP contribution in [0.5, 0.6) is 11.5 Å². The van der Waals surface area contributed by atoms with Crippen molar-refractivity contribution in [2.45, 2.75) is 26.4 Å². The van der Waals surface area contributed by atoms with Crippen LogP contribution in [0.2, 0.25) is 5.02 Å².